The number of ketones is 1. The van der Waals surface area contributed by atoms with E-state index in [1.54, 1.807) is 6.33 Å². The van der Waals surface area contributed by atoms with Gasteiger partial charge in [-0.05, 0) is 48.1 Å². The van der Waals surface area contributed by atoms with Crippen LogP contribution < -0.4 is 0 Å². The molecule has 0 spiro atoms. The maximum atomic E-state index is 12.2. The summed E-state index contributed by atoms with van der Waals surface area (Å²) >= 11 is 0. The minimum absolute atomic E-state index is 0. The van der Waals surface area contributed by atoms with Gasteiger partial charge in [0, 0.05) is 53.5 Å². The summed E-state index contributed by atoms with van der Waals surface area (Å²) in [7, 11) is 0. The summed E-state index contributed by atoms with van der Waals surface area (Å²) in [5, 5.41) is 15.7. The molecule has 1 radical (unpaired) electrons. The van der Waals surface area contributed by atoms with Crippen molar-refractivity contribution in [2.24, 2.45) is 10.8 Å². The average molecular weight is 834 g/mol. The van der Waals surface area contributed by atoms with Crippen molar-refractivity contribution in [3.63, 3.8) is 0 Å². The molecule has 0 unspecified atom stereocenters. The minimum atomic E-state index is -0.337. The van der Waals surface area contributed by atoms with E-state index < -0.39 is 0 Å². The van der Waals surface area contributed by atoms with Gasteiger partial charge in [0.2, 0.25) is 0 Å². The Morgan fingerprint density at radius 1 is 0.776 bits per heavy atom. The number of allylic oxidation sites excluding steroid dienone is 2. The van der Waals surface area contributed by atoms with Crippen LogP contribution in [0.25, 0.3) is 54.9 Å². The van der Waals surface area contributed by atoms with E-state index in [9.17, 15) is 9.90 Å². The molecule has 2 aromatic heterocycles. The quantitative estimate of drug-likeness (QED) is 0.0939. The number of nitrogens with zero attached hydrogens (tertiary/aromatic N) is 2. The van der Waals surface area contributed by atoms with Crippen LogP contribution in [0.1, 0.15) is 93.6 Å². The van der Waals surface area contributed by atoms with Crippen molar-refractivity contribution in [2.45, 2.75) is 93.4 Å². The second-order valence-electron chi connectivity index (χ2n) is 14.5. The molecule has 6 aromatic rings. The zero-order valence-electron chi connectivity index (χ0n) is 30.3. The van der Waals surface area contributed by atoms with Crippen LogP contribution in [0.2, 0.25) is 0 Å². The number of aliphatic hydroxyl groups excluding tert-OH is 1. The van der Waals surface area contributed by atoms with E-state index in [1.807, 2.05) is 59.7 Å². The summed E-state index contributed by atoms with van der Waals surface area (Å²) < 4.78 is 6.43. The van der Waals surface area contributed by atoms with Gasteiger partial charge >= 0.3 is 0 Å². The number of carbonyl (C=O) groups is 1. The number of furan rings is 1. The molecule has 0 amide bonds. The SMILES string of the molecule is CC(C)(C)c1ccc2c(-c3ncnc4c3oc3c5ccccc5ccc43)[c-]ccc2c1.CCC(C)(CC)C(=O)/C=C(\O)C(C)(CC)CC.[Ir]. The molecule has 2 heterocycles. The van der Waals surface area contributed by atoms with Gasteiger partial charge in [-0.1, -0.05) is 116 Å². The molecule has 49 heavy (non-hydrogen) atoms. The maximum Gasteiger partial charge on any atom is 0.164 e. The number of aromatic nitrogens is 2. The standard InChI is InChI=1S/C28H21N2O.C15H28O2.Ir/c1-28(2,3)19-12-14-20-18(15-19)8-6-10-22(20)24-27-25(30-16-29-24)23-13-11-17-7-4-5-9-21(17)26(23)31-27;1-7-14(5,8-2)12(16)11-13(17)15(6,9-3)10-4;/h4-9,11-16H,1-3H3;11,16H,7-10H2,1-6H3;/q-1;;/b;12-11-;. The molecule has 1 N–H and O–H groups in total. The van der Waals surface area contributed by atoms with Gasteiger partial charge in [-0.25, -0.2) is 4.98 Å². The third-order valence-electron chi connectivity index (χ3n) is 10.7. The Kier molecular flexibility index (Phi) is 11.6. The zero-order chi connectivity index (χ0) is 34.9. The van der Waals surface area contributed by atoms with Crippen molar-refractivity contribution in [2.75, 3.05) is 0 Å². The molecular formula is C43H49IrN2O3-. The second kappa shape index (κ2) is 14.9. The van der Waals surface area contributed by atoms with Gasteiger partial charge in [0.25, 0.3) is 0 Å². The van der Waals surface area contributed by atoms with E-state index in [2.05, 4.69) is 85.3 Å². The molecule has 6 rings (SSSR count). The third kappa shape index (κ3) is 7.37. The molecule has 0 saturated heterocycles. The molecule has 0 aliphatic carbocycles. The van der Waals surface area contributed by atoms with Crippen molar-refractivity contribution >= 4 is 49.4 Å². The van der Waals surface area contributed by atoms with Crippen LogP contribution in [0.5, 0.6) is 0 Å². The van der Waals surface area contributed by atoms with Crippen LogP contribution in [0, 0.1) is 16.9 Å². The van der Waals surface area contributed by atoms with Crippen LogP contribution in [0.4, 0.5) is 0 Å². The predicted molar refractivity (Wildman–Crippen MR) is 200 cm³/mol. The molecule has 0 saturated carbocycles. The maximum absolute atomic E-state index is 12.2. The average Bonchev–Trinajstić information content (AvgIpc) is 3.50. The summed E-state index contributed by atoms with van der Waals surface area (Å²) in [5.41, 5.74) is 4.91. The fourth-order valence-electron chi connectivity index (χ4n) is 6.05. The van der Waals surface area contributed by atoms with Crippen molar-refractivity contribution in [3.8, 4) is 11.3 Å². The second-order valence-corrected chi connectivity index (χ2v) is 14.5. The first-order chi connectivity index (χ1) is 22.8. The van der Waals surface area contributed by atoms with E-state index in [4.69, 9.17) is 4.42 Å². The Labute approximate surface area is 304 Å². The number of fused-ring (bicyclic) bond motifs is 6. The van der Waals surface area contributed by atoms with Crippen LogP contribution >= 0.6 is 0 Å². The number of aliphatic hydroxyl groups is 1. The van der Waals surface area contributed by atoms with Gasteiger partial charge in [0.05, 0.1) is 0 Å². The van der Waals surface area contributed by atoms with Gasteiger partial charge in [-0.3, -0.25) is 9.78 Å². The Hall–Kier alpha value is -3.86. The first-order valence-electron chi connectivity index (χ1n) is 17.3. The van der Waals surface area contributed by atoms with E-state index >= 15 is 0 Å². The first kappa shape index (κ1) is 37.9. The Bertz CT molecular complexity index is 2130. The fraction of sp³-hybridized carbons (Fsp3) is 0.372. The molecular weight excluding hydrogens is 785 g/mol. The van der Waals surface area contributed by atoms with Gasteiger partial charge < -0.3 is 9.52 Å². The van der Waals surface area contributed by atoms with E-state index in [0.717, 1.165) is 69.6 Å². The smallest absolute Gasteiger partial charge is 0.164 e. The van der Waals surface area contributed by atoms with Gasteiger partial charge in [-0.15, -0.1) is 29.1 Å². The number of rotatable bonds is 8. The van der Waals surface area contributed by atoms with Crippen molar-refractivity contribution < 1.29 is 34.4 Å². The van der Waals surface area contributed by atoms with E-state index in [0.29, 0.717) is 5.58 Å². The summed E-state index contributed by atoms with van der Waals surface area (Å²) in [6.45, 7) is 18.8. The summed E-state index contributed by atoms with van der Waals surface area (Å²) in [5.74, 6) is 0.286. The molecule has 6 heteroatoms. The van der Waals surface area contributed by atoms with E-state index in [1.165, 1.54) is 17.0 Å². The molecule has 0 atom stereocenters. The van der Waals surface area contributed by atoms with Crippen LogP contribution in [-0.2, 0) is 30.3 Å². The Morgan fingerprint density at radius 3 is 2.08 bits per heavy atom. The Balaban J connectivity index is 0.000000260. The van der Waals surface area contributed by atoms with Crippen molar-refractivity contribution in [3.05, 3.63) is 96.5 Å². The van der Waals surface area contributed by atoms with Crippen LogP contribution in [0.3, 0.4) is 0 Å². The molecule has 0 fully saturated rings. The molecule has 0 aliphatic heterocycles. The van der Waals surface area contributed by atoms with Crippen LogP contribution in [-0.4, -0.2) is 20.9 Å². The third-order valence-corrected chi connectivity index (χ3v) is 10.7. The molecule has 259 valence electrons. The van der Waals surface area contributed by atoms with Gasteiger partial charge in [-0.2, -0.15) is 0 Å². The zero-order valence-corrected chi connectivity index (χ0v) is 32.7. The summed E-state index contributed by atoms with van der Waals surface area (Å²) in [6, 6.07) is 26.6. The molecule has 5 nitrogen and oxygen atoms in total. The summed E-state index contributed by atoms with van der Waals surface area (Å²) in [6.07, 6.45) is 6.38. The van der Waals surface area contributed by atoms with Crippen molar-refractivity contribution in [1.82, 2.24) is 9.97 Å². The first-order valence-corrected chi connectivity index (χ1v) is 17.3. The minimum Gasteiger partial charge on any atom is -0.512 e. The van der Waals surface area contributed by atoms with Crippen molar-refractivity contribution in [1.29, 1.82) is 0 Å². The monoisotopic (exact) mass is 834 g/mol. The Morgan fingerprint density at radius 2 is 1.43 bits per heavy atom. The number of hydrogen-bond donors (Lipinski definition) is 1. The number of benzene rings is 4. The fourth-order valence-corrected chi connectivity index (χ4v) is 6.05. The van der Waals surface area contributed by atoms with E-state index in [-0.39, 0.29) is 47.9 Å². The normalized spacial score (nSPS) is 12.6. The predicted octanol–water partition coefficient (Wildman–Crippen LogP) is 12.1. The number of hydrogen-bond acceptors (Lipinski definition) is 5. The van der Waals surface area contributed by atoms with Crippen LogP contribution in [0.15, 0.2) is 89.3 Å². The van der Waals surface area contributed by atoms with Gasteiger partial charge in [0.1, 0.15) is 28.8 Å². The van der Waals surface area contributed by atoms with Gasteiger partial charge in [0.15, 0.2) is 5.78 Å². The molecule has 0 aliphatic rings. The number of carbonyl (C=O) groups excluding carboxylic acids is 1. The molecule has 4 aromatic carbocycles. The largest absolute Gasteiger partial charge is 0.512 e. The summed E-state index contributed by atoms with van der Waals surface area (Å²) in [4.78, 5) is 21.4. The topological polar surface area (TPSA) is 76.2 Å². The molecule has 0 bridgehead atoms.